The smallest absolute Gasteiger partial charge is 0.295 e. The van der Waals surface area contributed by atoms with Crippen molar-refractivity contribution >= 4 is 22.6 Å². The second-order valence-corrected chi connectivity index (χ2v) is 8.02. The minimum Gasteiger partial charge on any atom is -0.494 e. The van der Waals surface area contributed by atoms with Gasteiger partial charge in [0.25, 0.3) is 5.91 Å². The van der Waals surface area contributed by atoms with Crippen molar-refractivity contribution in [3.63, 3.8) is 0 Å². The van der Waals surface area contributed by atoms with Crippen LogP contribution in [-0.2, 0) is 0 Å². The van der Waals surface area contributed by atoms with E-state index in [1.54, 1.807) is 29.2 Å². The lowest BCUT2D eigenvalue weighted by Gasteiger charge is -2.26. The normalized spacial score (nSPS) is 15.3. The first-order valence-electron chi connectivity index (χ1n) is 10.7. The molecular weight excluding hydrogens is 402 g/mol. The van der Waals surface area contributed by atoms with Crippen LogP contribution in [0.3, 0.4) is 0 Å². The minimum absolute atomic E-state index is 0.103. The summed E-state index contributed by atoms with van der Waals surface area (Å²) in [5, 5.41) is 0.469. The van der Waals surface area contributed by atoms with Crippen LogP contribution in [0.1, 0.15) is 45.8 Å². The Hall–Kier alpha value is -3.86. The van der Waals surface area contributed by atoms with Crippen molar-refractivity contribution in [2.24, 2.45) is 0 Å². The molecule has 5 heteroatoms. The summed E-state index contributed by atoms with van der Waals surface area (Å²) >= 11 is 0. The number of hydrogen-bond acceptors (Lipinski definition) is 4. The standard InChI is InChI=1S/C27H23NO4/c1-4-31-20-13-10-18(11-14-20)24-23-25(29)21-7-5-6-8-22(21)32-26(23)27(30)28(24)19-12-9-16(2)17(3)15-19/h5-15,24H,4H2,1-3H3. The number of carbonyl (C=O) groups is 1. The lowest BCUT2D eigenvalue weighted by Crippen LogP contribution is -2.29. The maximum Gasteiger partial charge on any atom is 0.295 e. The van der Waals surface area contributed by atoms with Gasteiger partial charge in [-0.25, -0.2) is 0 Å². The number of anilines is 1. The molecule has 1 aliphatic heterocycles. The van der Waals surface area contributed by atoms with Gasteiger partial charge in [0.1, 0.15) is 11.3 Å². The Labute approximate surface area is 185 Å². The van der Waals surface area contributed by atoms with Gasteiger partial charge in [-0.3, -0.25) is 14.5 Å². The Morgan fingerprint density at radius 1 is 0.938 bits per heavy atom. The number of fused-ring (bicyclic) bond motifs is 2. The number of ether oxygens (including phenoxy) is 1. The molecule has 0 aliphatic carbocycles. The zero-order chi connectivity index (χ0) is 22.4. The Morgan fingerprint density at radius 2 is 1.69 bits per heavy atom. The van der Waals surface area contributed by atoms with Gasteiger partial charge in [-0.05, 0) is 73.9 Å². The molecule has 0 saturated carbocycles. The van der Waals surface area contributed by atoms with Crippen LogP contribution in [0.15, 0.2) is 75.9 Å². The molecule has 5 rings (SSSR count). The maximum absolute atomic E-state index is 13.6. The van der Waals surface area contributed by atoms with E-state index >= 15 is 0 Å². The van der Waals surface area contributed by atoms with E-state index in [1.807, 2.05) is 63.2 Å². The SMILES string of the molecule is CCOc1ccc(C2c3c(oc4ccccc4c3=O)C(=O)N2c2ccc(C)c(C)c2)cc1. The third-order valence-electron chi connectivity index (χ3n) is 6.05. The number of benzene rings is 3. The average molecular weight is 425 g/mol. The van der Waals surface area contributed by atoms with Crippen molar-refractivity contribution in [3.05, 3.63) is 105 Å². The van der Waals surface area contributed by atoms with Crippen LogP contribution in [0.5, 0.6) is 5.75 Å². The minimum atomic E-state index is -0.587. The van der Waals surface area contributed by atoms with Crippen molar-refractivity contribution in [1.29, 1.82) is 0 Å². The third kappa shape index (κ3) is 3.09. The molecule has 1 unspecified atom stereocenters. The number of carbonyl (C=O) groups excluding carboxylic acids is 1. The molecule has 0 radical (unpaired) electrons. The molecule has 0 N–H and O–H groups in total. The van der Waals surface area contributed by atoms with E-state index < -0.39 is 6.04 Å². The van der Waals surface area contributed by atoms with Gasteiger partial charge in [0, 0.05) is 5.69 Å². The quantitative estimate of drug-likeness (QED) is 0.430. The van der Waals surface area contributed by atoms with Gasteiger partial charge in [-0.2, -0.15) is 0 Å². The Kier molecular flexibility index (Phi) is 4.82. The van der Waals surface area contributed by atoms with Crippen LogP contribution in [0, 0.1) is 13.8 Å². The van der Waals surface area contributed by atoms with E-state index in [9.17, 15) is 9.59 Å². The molecule has 4 aromatic rings. The van der Waals surface area contributed by atoms with Gasteiger partial charge in [0.05, 0.1) is 23.6 Å². The highest BCUT2D eigenvalue weighted by Gasteiger charge is 2.43. The van der Waals surface area contributed by atoms with Crippen molar-refractivity contribution in [2.45, 2.75) is 26.8 Å². The Bertz CT molecular complexity index is 1400. The summed E-state index contributed by atoms with van der Waals surface area (Å²) in [7, 11) is 0. The zero-order valence-electron chi connectivity index (χ0n) is 18.2. The maximum atomic E-state index is 13.6. The first-order valence-corrected chi connectivity index (χ1v) is 10.7. The predicted octanol–water partition coefficient (Wildman–Crippen LogP) is 5.56. The number of amides is 1. The lowest BCUT2D eigenvalue weighted by atomic mass is 9.98. The Morgan fingerprint density at radius 3 is 2.41 bits per heavy atom. The number of para-hydroxylation sites is 1. The molecule has 32 heavy (non-hydrogen) atoms. The van der Waals surface area contributed by atoms with E-state index in [-0.39, 0.29) is 17.1 Å². The van der Waals surface area contributed by atoms with Gasteiger partial charge >= 0.3 is 0 Å². The molecule has 1 atom stereocenters. The third-order valence-corrected chi connectivity index (χ3v) is 6.05. The monoisotopic (exact) mass is 425 g/mol. The summed E-state index contributed by atoms with van der Waals surface area (Å²) < 4.78 is 11.6. The summed E-state index contributed by atoms with van der Waals surface area (Å²) in [4.78, 5) is 28.8. The van der Waals surface area contributed by atoms with Gasteiger partial charge in [-0.15, -0.1) is 0 Å². The van der Waals surface area contributed by atoms with Crippen LogP contribution < -0.4 is 15.1 Å². The number of aryl methyl sites for hydroxylation is 2. The van der Waals surface area contributed by atoms with Crippen molar-refractivity contribution < 1.29 is 13.9 Å². The van der Waals surface area contributed by atoms with Crippen molar-refractivity contribution in [3.8, 4) is 5.75 Å². The van der Waals surface area contributed by atoms with Crippen LogP contribution in [0.4, 0.5) is 5.69 Å². The van der Waals surface area contributed by atoms with Crippen LogP contribution >= 0.6 is 0 Å². The number of nitrogens with zero attached hydrogens (tertiary/aromatic N) is 1. The van der Waals surface area contributed by atoms with Gasteiger partial charge < -0.3 is 9.15 Å². The first kappa shape index (κ1) is 20.1. The summed E-state index contributed by atoms with van der Waals surface area (Å²) in [5.41, 5.74) is 4.36. The molecule has 160 valence electrons. The lowest BCUT2D eigenvalue weighted by molar-refractivity contribution is 0.0971. The second-order valence-electron chi connectivity index (χ2n) is 8.02. The summed E-state index contributed by atoms with van der Waals surface area (Å²) in [5.74, 6) is 0.528. The predicted molar refractivity (Wildman–Crippen MR) is 125 cm³/mol. The highest BCUT2D eigenvalue weighted by atomic mass is 16.5. The van der Waals surface area contributed by atoms with E-state index in [4.69, 9.17) is 9.15 Å². The fraction of sp³-hybridized carbons (Fsp3) is 0.185. The molecule has 2 heterocycles. The molecule has 1 amide bonds. The highest BCUT2D eigenvalue weighted by molar-refractivity contribution is 6.10. The van der Waals surface area contributed by atoms with E-state index in [0.717, 1.165) is 28.1 Å². The van der Waals surface area contributed by atoms with Gasteiger partial charge in [0.15, 0.2) is 5.43 Å². The second kappa shape index (κ2) is 7.68. The molecule has 0 saturated heterocycles. The Balaban J connectivity index is 1.76. The van der Waals surface area contributed by atoms with E-state index in [0.29, 0.717) is 23.1 Å². The summed E-state index contributed by atoms with van der Waals surface area (Å²) in [6, 6.07) is 19.9. The first-order chi connectivity index (χ1) is 15.5. The molecule has 1 aromatic heterocycles. The topological polar surface area (TPSA) is 59.8 Å². The molecule has 0 spiro atoms. The molecule has 0 fully saturated rings. The van der Waals surface area contributed by atoms with Gasteiger partial charge in [-0.1, -0.05) is 30.3 Å². The molecule has 1 aliphatic rings. The van der Waals surface area contributed by atoms with Crippen LogP contribution in [0.2, 0.25) is 0 Å². The molecule has 5 nitrogen and oxygen atoms in total. The largest absolute Gasteiger partial charge is 0.494 e. The zero-order valence-corrected chi connectivity index (χ0v) is 18.2. The molecule has 0 bridgehead atoms. The molecular formula is C27H23NO4. The van der Waals surface area contributed by atoms with Crippen LogP contribution in [-0.4, -0.2) is 12.5 Å². The summed E-state index contributed by atoms with van der Waals surface area (Å²) in [6.07, 6.45) is 0. The van der Waals surface area contributed by atoms with E-state index in [1.165, 1.54) is 0 Å². The molecule has 3 aromatic carbocycles. The number of rotatable bonds is 4. The average Bonchev–Trinajstić information content (AvgIpc) is 3.09. The van der Waals surface area contributed by atoms with E-state index in [2.05, 4.69) is 0 Å². The van der Waals surface area contributed by atoms with Crippen LogP contribution in [0.25, 0.3) is 11.0 Å². The van der Waals surface area contributed by atoms with Crippen molar-refractivity contribution in [1.82, 2.24) is 0 Å². The highest BCUT2D eigenvalue weighted by Crippen LogP contribution is 2.41. The summed E-state index contributed by atoms with van der Waals surface area (Å²) in [6.45, 7) is 6.53. The number of hydrogen-bond donors (Lipinski definition) is 0. The fourth-order valence-electron chi connectivity index (χ4n) is 4.29. The fourth-order valence-corrected chi connectivity index (χ4v) is 4.29. The van der Waals surface area contributed by atoms with Crippen molar-refractivity contribution in [2.75, 3.05) is 11.5 Å². The van der Waals surface area contributed by atoms with Gasteiger partial charge in [0.2, 0.25) is 5.76 Å².